The average molecular weight is 258 g/mol. The number of anilines is 1. The molecule has 1 aromatic rings. The molecule has 0 aliphatic heterocycles. The number of alkyl halides is 1. The second-order valence-electron chi connectivity index (χ2n) is 5.60. The molecule has 0 fully saturated rings. The normalized spacial score (nSPS) is 13.6. The highest BCUT2D eigenvalue weighted by Gasteiger charge is 2.24. The van der Waals surface area contributed by atoms with Gasteiger partial charge >= 0.3 is 0 Å². The van der Waals surface area contributed by atoms with Gasteiger partial charge in [-0.15, -0.1) is 11.6 Å². The largest absolute Gasteiger partial charge is 0.371 e. The minimum absolute atomic E-state index is 0.141. The molecular weight excluding hydrogens is 237 g/mol. The molecule has 96 valence electrons. The molecule has 0 saturated carbocycles. The number of benzene rings is 1. The van der Waals surface area contributed by atoms with Crippen LogP contribution in [0.5, 0.6) is 0 Å². The molecule has 1 unspecified atom stereocenters. The average Bonchev–Trinajstić information content (AvgIpc) is 2.24. The van der Waals surface area contributed by atoms with Gasteiger partial charge in [-0.1, -0.05) is 20.8 Å². The zero-order valence-corrected chi connectivity index (χ0v) is 12.0. The zero-order valence-electron chi connectivity index (χ0n) is 11.2. The lowest BCUT2D eigenvalue weighted by atomic mass is 9.87. The number of nitrogens with zero attached hydrogens (tertiary/aromatic N) is 1. The van der Waals surface area contributed by atoms with E-state index in [-0.39, 0.29) is 11.2 Å². The predicted molar refractivity (Wildman–Crippen MR) is 73.3 cm³/mol. The van der Waals surface area contributed by atoms with Crippen LogP contribution in [0, 0.1) is 11.2 Å². The molecule has 0 amide bonds. The summed E-state index contributed by atoms with van der Waals surface area (Å²) < 4.78 is 13.4. The van der Waals surface area contributed by atoms with Gasteiger partial charge in [0, 0.05) is 24.7 Å². The van der Waals surface area contributed by atoms with Crippen LogP contribution < -0.4 is 4.90 Å². The second-order valence-corrected chi connectivity index (χ2v) is 5.87. The Morgan fingerprint density at radius 3 is 2.35 bits per heavy atom. The quantitative estimate of drug-likeness (QED) is 0.724. The van der Waals surface area contributed by atoms with Crippen LogP contribution in [0.3, 0.4) is 0 Å². The SMILES string of the molecule is CC(N(C)c1cc(F)cc(CCl)c1)C(C)(C)C. The fourth-order valence-corrected chi connectivity index (χ4v) is 1.87. The monoisotopic (exact) mass is 257 g/mol. The fraction of sp³-hybridized carbons (Fsp3) is 0.571. The molecule has 0 bridgehead atoms. The first kappa shape index (κ1) is 14.3. The van der Waals surface area contributed by atoms with Gasteiger partial charge in [0.2, 0.25) is 0 Å². The molecule has 0 aromatic heterocycles. The highest BCUT2D eigenvalue weighted by atomic mass is 35.5. The second kappa shape index (κ2) is 5.26. The predicted octanol–water partition coefficient (Wildman–Crippen LogP) is 4.44. The Morgan fingerprint density at radius 2 is 1.88 bits per heavy atom. The van der Waals surface area contributed by atoms with E-state index in [1.165, 1.54) is 6.07 Å². The zero-order chi connectivity index (χ0) is 13.2. The van der Waals surface area contributed by atoms with E-state index in [2.05, 4.69) is 32.6 Å². The molecule has 0 radical (unpaired) electrons. The third-order valence-corrected chi connectivity index (χ3v) is 3.65. The van der Waals surface area contributed by atoms with Crippen molar-refractivity contribution in [3.8, 4) is 0 Å². The molecule has 1 rings (SSSR count). The van der Waals surface area contributed by atoms with E-state index >= 15 is 0 Å². The van der Waals surface area contributed by atoms with Crippen molar-refractivity contribution in [1.29, 1.82) is 0 Å². The molecule has 0 saturated heterocycles. The van der Waals surface area contributed by atoms with Crippen LogP contribution in [0.2, 0.25) is 0 Å². The number of hydrogen-bond acceptors (Lipinski definition) is 1. The number of halogens is 2. The van der Waals surface area contributed by atoms with Crippen LogP contribution in [-0.2, 0) is 5.88 Å². The van der Waals surface area contributed by atoms with Gasteiger partial charge < -0.3 is 4.90 Å². The van der Waals surface area contributed by atoms with E-state index in [4.69, 9.17) is 11.6 Å². The van der Waals surface area contributed by atoms with E-state index in [9.17, 15) is 4.39 Å². The van der Waals surface area contributed by atoms with E-state index in [1.54, 1.807) is 6.07 Å². The Balaban J connectivity index is 3.03. The molecule has 1 nitrogen and oxygen atoms in total. The molecule has 17 heavy (non-hydrogen) atoms. The van der Waals surface area contributed by atoms with Crippen LogP contribution in [0.25, 0.3) is 0 Å². The molecule has 1 atom stereocenters. The van der Waals surface area contributed by atoms with Crippen molar-refractivity contribution in [2.45, 2.75) is 39.6 Å². The van der Waals surface area contributed by atoms with Gasteiger partial charge in [-0.25, -0.2) is 4.39 Å². The Kier molecular flexibility index (Phi) is 4.42. The summed E-state index contributed by atoms with van der Waals surface area (Å²) >= 11 is 5.76. The van der Waals surface area contributed by atoms with Crippen molar-refractivity contribution in [1.82, 2.24) is 0 Å². The highest BCUT2D eigenvalue weighted by Crippen LogP contribution is 2.28. The first-order valence-corrected chi connectivity index (χ1v) is 6.37. The van der Waals surface area contributed by atoms with E-state index in [1.807, 2.05) is 13.1 Å². The topological polar surface area (TPSA) is 3.24 Å². The van der Waals surface area contributed by atoms with Crippen LogP contribution in [0.1, 0.15) is 33.3 Å². The number of hydrogen-bond donors (Lipinski definition) is 0. The third kappa shape index (κ3) is 3.60. The van der Waals surface area contributed by atoms with E-state index in [0.29, 0.717) is 11.9 Å². The van der Waals surface area contributed by atoms with Gasteiger partial charge in [0.25, 0.3) is 0 Å². The van der Waals surface area contributed by atoms with Crippen molar-refractivity contribution in [3.63, 3.8) is 0 Å². The summed E-state index contributed by atoms with van der Waals surface area (Å²) in [6.45, 7) is 8.67. The summed E-state index contributed by atoms with van der Waals surface area (Å²) in [4.78, 5) is 2.10. The maximum absolute atomic E-state index is 13.4. The van der Waals surface area contributed by atoms with Crippen molar-refractivity contribution in [3.05, 3.63) is 29.6 Å². The summed E-state index contributed by atoms with van der Waals surface area (Å²) in [7, 11) is 1.99. The summed E-state index contributed by atoms with van der Waals surface area (Å²) in [5, 5.41) is 0. The van der Waals surface area contributed by atoms with E-state index in [0.717, 1.165) is 11.3 Å². The fourth-order valence-electron chi connectivity index (χ4n) is 1.72. The summed E-state index contributed by atoms with van der Waals surface area (Å²) in [5.41, 5.74) is 1.83. The summed E-state index contributed by atoms with van der Waals surface area (Å²) in [6.07, 6.45) is 0. The van der Waals surface area contributed by atoms with Crippen molar-refractivity contribution in [2.75, 3.05) is 11.9 Å². The van der Waals surface area contributed by atoms with Gasteiger partial charge in [-0.05, 0) is 36.1 Å². The van der Waals surface area contributed by atoms with Crippen LogP contribution >= 0.6 is 11.6 Å². The molecule has 0 N–H and O–H groups in total. The van der Waals surface area contributed by atoms with Gasteiger partial charge in [0.05, 0.1) is 0 Å². The molecular formula is C14H21ClFN. The Hall–Kier alpha value is -0.760. The molecule has 1 aromatic carbocycles. The summed E-state index contributed by atoms with van der Waals surface area (Å²) in [6, 6.07) is 5.29. The smallest absolute Gasteiger partial charge is 0.125 e. The molecule has 0 aliphatic rings. The standard InChI is InChI=1S/C14H21ClFN/c1-10(14(2,3)4)17(5)13-7-11(9-15)6-12(16)8-13/h6-8,10H,9H2,1-5H3. The Morgan fingerprint density at radius 1 is 1.29 bits per heavy atom. The number of rotatable bonds is 3. The van der Waals surface area contributed by atoms with Gasteiger partial charge in [-0.2, -0.15) is 0 Å². The Bertz CT molecular complexity index is 384. The molecule has 0 spiro atoms. The maximum Gasteiger partial charge on any atom is 0.125 e. The lowest BCUT2D eigenvalue weighted by Gasteiger charge is -2.37. The minimum Gasteiger partial charge on any atom is -0.371 e. The van der Waals surface area contributed by atoms with Crippen molar-refractivity contribution < 1.29 is 4.39 Å². The lowest BCUT2D eigenvalue weighted by Crippen LogP contribution is -2.39. The lowest BCUT2D eigenvalue weighted by molar-refractivity contribution is 0.329. The van der Waals surface area contributed by atoms with Crippen molar-refractivity contribution in [2.24, 2.45) is 5.41 Å². The maximum atomic E-state index is 13.4. The molecule has 0 heterocycles. The van der Waals surface area contributed by atoms with Gasteiger partial charge in [-0.3, -0.25) is 0 Å². The highest BCUT2D eigenvalue weighted by molar-refractivity contribution is 6.17. The molecule has 3 heteroatoms. The van der Waals surface area contributed by atoms with E-state index < -0.39 is 0 Å². The van der Waals surface area contributed by atoms with Crippen molar-refractivity contribution >= 4 is 17.3 Å². The van der Waals surface area contributed by atoms with Gasteiger partial charge in [0.1, 0.15) is 5.82 Å². The summed E-state index contributed by atoms with van der Waals surface area (Å²) in [5.74, 6) is 0.105. The van der Waals surface area contributed by atoms with Crippen LogP contribution in [0.15, 0.2) is 18.2 Å². The minimum atomic E-state index is -0.230. The van der Waals surface area contributed by atoms with Crippen LogP contribution in [0.4, 0.5) is 10.1 Å². The molecule has 0 aliphatic carbocycles. The van der Waals surface area contributed by atoms with Crippen LogP contribution in [-0.4, -0.2) is 13.1 Å². The first-order valence-electron chi connectivity index (χ1n) is 5.84. The third-order valence-electron chi connectivity index (χ3n) is 3.34. The Labute approximate surface area is 109 Å². The van der Waals surface area contributed by atoms with Gasteiger partial charge in [0.15, 0.2) is 0 Å². The first-order chi connectivity index (χ1) is 7.75.